The van der Waals surface area contributed by atoms with E-state index in [-0.39, 0.29) is 5.41 Å². The van der Waals surface area contributed by atoms with Gasteiger partial charge in [0, 0.05) is 0 Å². The van der Waals surface area contributed by atoms with Crippen LogP contribution in [-0.2, 0) is 5.41 Å². The minimum absolute atomic E-state index is 0.245. The summed E-state index contributed by atoms with van der Waals surface area (Å²) in [5.74, 6) is 3.12. The van der Waals surface area contributed by atoms with E-state index >= 15 is 0 Å². The van der Waals surface area contributed by atoms with Gasteiger partial charge in [-0.05, 0) is 77.0 Å². The van der Waals surface area contributed by atoms with Gasteiger partial charge in [-0.2, -0.15) is 0 Å². The number of benzene rings is 1. The van der Waals surface area contributed by atoms with Crippen molar-refractivity contribution in [2.75, 3.05) is 0 Å². The second-order valence-electron chi connectivity index (χ2n) is 10.8. The van der Waals surface area contributed by atoms with Gasteiger partial charge in [-0.3, -0.25) is 0 Å². The van der Waals surface area contributed by atoms with Gasteiger partial charge >= 0.3 is 0 Å². The summed E-state index contributed by atoms with van der Waals surface area (Å²) in [6.07, 6.45) is 12.7. The van der Waals surface area contributed by atoms with Crippen molar-refractivity contribution in [3.8, 4) is 0 Å². The van der Waals surface area contributed by atoms with Crippen molar-refractivity contribution in [1.29, 1.82) is 0 Å². The molecular formula is C26H42. The monoisotopic (exact) mass is 354 g/mol. The van der Waals surface area contributed by atoms with E-state index in [0.29, 0.717) is 5.92 Å². The lowest BCUT2D eigenvalue weighted by Gasteiger charge is -2.35. The number of rotatable bonds is 3. The summed E-state index contributed by atoms with van der Waals surface area (Å²) in [5.41, 5.74) is 6.97. The Kier molecular flexibility index (Phi) is 6.20. The maximum absolute atomic E-state index is 2.68. The Morgan fingerprint density at radius 3 is 2.04 bits per heavy atom. The van der Waals surface area contributed by atoms with Crippen LogP contribution in [0.3, 0.4) is 0 Å². The molecule has 0 spiro atoms. The van der Waals surface area contributed by atoms with Crippen LogP contribution < -0.4 is 0 Å². The first kappa shape index (κ1) is 20.0. The van der Waals surface area contributed by atoms with E-state index in [1.54, 1.807) is 22.3 Å². The molecule has 0 aromatic heterocycles. The fourth-order valence-corrected chi connectivity index (χ4v) is 5.62. The van der Waals surface area contributed by atoms with Crippen molar-refractivity contribution in [3.63, 3.8) is 0 Å². The molecule has 146 valence electrons. The van der Waals surface area contributed by atoms with E-state index in [1.807, 2.05) is 0 Å². The van der Waals surface area contributed by atoms with Gasteiger partial charge in [0.2, 0.25) is 0 Å². The largest absolute Gasteiger partial charge is 0.0625 e. The molecule has 2 saturated carbocycles. The molecule has 0 N–H and O–H groups in total. The molecule has 2 aliphatic carbocycles. The smallest absolute Gasteiger partial charge is 0.0129 e. The van der Waals surface area contributed by atoms with Gasteiger partial charge in [0.25, 0.3) is 0 Å². The average molecular weight is 355 g/mol. The van der Waals surface area contributed by atoms with Gasteiger partial charge in [-0.1, -0.05) is 85.8 Å². The molecule has 0 saturated heterocycles. The van der Waals surface area contributed by atoms with E-state index in [4.69, 9.17) is 0 Å². The predicted octanol–water partition coefficient (Wildman–Crippen LogP) is 8.45. The third-order valence-corrected chi connectivity index (χ3v) is 7.11. The van der Waals surface area contributed by atoms with Crippen LogP contribution in [0.2, 0.25) is 0 Å². The van der Waals surface area contributed by atoms with E-state index in [0.717, 1.165) is 17.8 Å². The SMILES string of the molecule is CC(C)c1cc(C2CCC[C@H](C)C2)c(C(C)(C)C)cc1C1CCCCC1. The second-order valence-corrected chi connectivity index (χ2v) is 10.8. The lowest BCUT2D eigenvalue weighted by molar-refractivity contribution is 0.340. The fraction of sp³-hybridized carbons (Fsp3) is 0.769. The van der Waals surface area contributed by atoms with Gasteiger partial charge < -0.3 is 0 Å². The summed E-state index contributed by atoms with van der Waals surface area (Å²) < 4.78 is 0. The van der Waals surface area contributed by atoms with Crippen LogP contribution in [-0.4, -0.2) is 0 Å². The quantitative estimate of drug-likeness (QED) is 0.510. The van der Waals surface area contributed by atoms with Crippen molar-refractivity contribution in [2.45, 2.75) is 122 Å². The molecule has 0 amide bonds. The lowest BCUT2D eigenvalue weighted by atomic mass is 9.70. The molecule has 3 rings (SSSR count). The Labute approximate surface area is 163 Å². The first-order chi connectivity index (χ1) is 12.3. The Morgan fingerprint density at radius 1 is 0.808 bits per heavy atom. The highest BCUT2D eigenvalue weighted by Crippen LogP contribution is 2.45. The highest BCUT2D eigenvalue weighted by Gasteiger charge is 2.30. The molecule has 0 aliphatic heterocycles. The van der Waals surface area contributed by atoms with Gasteiger partial charge in [-0.15, -0.1) is 0 Å². The van der Waals surface area contributed by atoms with Gasteiger partial charge in [0.15, 0.2) is 0 Å². The average Bonchev–Trinajstić information content (AvgIpc) is 2.60. The molecule has 1 unspecified atom stereocenters. The summed E-state index contributed by atoms with van der Waals surface area (Å²) in [7, 11) is 0. The van der Waals surface area contributed by atoms with E-state index in [2.05, 4.69) is 53.7 Å². The Bertz CT molecular complexity index is 595. The minimum atomic E-state index is 0.245. The van der Waals surface area contributed by atoms with Gasteiger partial charge in [-0.25, -0.2) is 0 Å². The Hall–Kier alpha value is -0.780. The second kappa shape index (κ2) is 8.07. The standard InChI is InChI=1S/C26H42/c1-18(2)22-16-24(21-14-10-11-19(3)15-21)25(26(4,5)6)17-23(22)20-12-8-7-9-13-20/h16-21H,7-15H2,1-6H3/t19-,21?/m0/s1. The zero-order chi connectivity index (χ0) is 18.9. The lowest BCUT2D eigenvalue weighted by Crippen LogP contribution is -2.21. The van der Waals surface area contributed by atoms with E-state index < -0.39 is 0 Å². The first-order valence-electron chi connectivity index (χ1n) is 11.5. The normalized spacial score (nSPS) is 25.7. The first-order valence-corrected chi connectivity index (χ1v) is 11.5. The van der Waals surface area contributed by atoms with Crippen LogP contribution in [0.5, 0.6) is 0 Å². The molecule has 2 aliphatic rings. The molecule has 0 heterocycles. The summed E-state index contributed by atoms with van der Waals surface area (Å²) in [5, 5.41) is 0. The highest BCUT2D eigenvalue weighted by molar-refractivity contribution is 5.46. The van der Waals surface area contributed by atoms with Crippen LogP contribution in [0.25, 0.3) is 0 Å². The fourth-order valence-electron chi connectivity index (χ4n) is 5.62. The molecule has 0 heteroatoms. The third kappa shape index (κ3) is 4.37. The van der Waals surface area contributed by atoms with E-state index in [1.165, 1.54) is 57.8 Å². The molecule has 1 aromatic carbocycles. The van der Waals surface area contributed by atoms with Crippen molar-refractivity contribution in [1.82, 2.24) is 0 Å². The molecule has 26 heavy (non-hydrogen) atoms. The van der Waals surface area contributed by atoms with Crippen molar-refractivity contribution >= 4 is 0 Å². The number of hydrogen-bond acceptors (Lipinski definition) is 0. The predicted molar refractivity (Wildman–Crippen MR) is 115 cm³/mol. The molecule has 0 radical (unpaired) electrons. The maximum atomic E-state index is 2.68. The summed E-state index contributed by atoms with van der Waals surface area (Å²) in [6, 6.07) is 5.36. The van der Waals surface area contributed by atoms with Crippen LogP contribution in [0, 0.1) is 5.92 Å². The summed E-state index contributed by atoms with van der Waals surface area (Å²) in [6.45, 7) is 14.6. The summed E-state index contributed by atoms with van der Waals surface area (Å²) >= 11 is 0. The molecule has 2 fully saturated rings. The van der Waals surface area contributed by atoms with Crippen LogP contribution in [0.4, 0.5) is 0 Å². The minimum Gasteiger partial charge on any atom is -0.0625 e. The van der Waals surface area contributed by atoms with Gasteiger partial charge in [0.1, 0.15) is 0 Å². The van der Waals surface area contributed by atoms with Crippen molar-refractivity contribution < 1.29 is 0 Å². The molecule has 0 bridgehead atoms. The summed E-state index contributed by atoms with van der Waals surface area (Å²) in [4.78, 5) is 0. The Balaban J connectivity index is 2.09. The third-order valence-electron chi connectivity index (χ3n) is 7.11. The topological polar surface area (TPSA) is 0 Å². The molecular weight excluding hydrogens is 312 g/mol. The van der Waals surface area contributed by atoms with Crippen LogP contribution in [0.15, 0.2) is 12.1 Å². The Morgan fingerprint density at radius 2 is 1.46 bits per heavy atom. The van der Waals surface area contributed by atoms with Crippen LogP contribution in [0.1, 0.15) is 139 Å². The van der Waals surface area contributed by atoms with Gasteiger partial charge in [0.05, 0.1) is 0 Å². The molecule has 2 atom stereocenters. The van der Waals surface area contributed by atoms with Crippen LogP contribution >= 0.6 is 0 Å². The zero-order valence-corrected chi connectivity index (χ0v) is 18.3. The molecule has 0 nitrogen and oxygen atoms in total. The molecule has 1 aromatic rings. The maximum Gasteiger partial charge on any atom is -0.0129 e. The number of hydrogen-bond donors (Lipinski definition) is 0. The zero-order valence-electron chi connectivity index (χ0n) is 18.3. The van der Waals surface area contributed by atoms with Crippen molar-refractivity contribution in [3.05, 3.63) is 34.4 Å². The van der Waals surface area contributed by atoms with Crippen molar-refractivity contribution in [2.24, 2.45) is 5.92 Å². The highest BCUT2D eigenvalue weighted by atomic mass is 14.3. The van der Waals surface area contributed by atoms with E-state index in [9.17, 15) is 0 Å².